The van der Waals surface area contributed by atoms with Gasteiger partial charge in [0.15, 0.2) is 0 Å². The summed E-state index contributed by atoms with van der Waals surface area (Å²) < 4.78 is 5.56. The van der Waals surface area contributed by atoms with Gasteiger partial charge >= 0.3 is 0 Å². The Hall–Kier alpha value is -1.14. The molecule has 1 rings (SSSR count). The van der Waals surface area contributed by atoms with E-state index in [1.165, 1.54) is 0 Å². The van der Waals surface area contributed by atoms with Crippen molar-refractivity contribution in [2.45, 2.75) is 26.4 Å². The molecule has 0 aliphatic heterocycles. The van der Waals surface area contributed by atoms with Crippen LogP contribution >= 0.6 is 0 Å². The van der Waals surface area contributed by atoms with Gasteiger partial charge in [0.2, 0.25) is 0 Å². The van der Waals surface area contributed by atoms with Gasteiger partial charge in [-0.1, -0.05) is 11.6 Å². The lowest BCUT2D eigenvalue weighted by molar-refractivity contribution is 0.116. The molecule has 0 saturated carbocycles. The van der Waals surface area contributed by atoms with E-state index in [-0.39, 0.29) is 13.2 Å². The highest BCUT2D eigenvalue weighted by molar-refractivity contribution is 5.38. The zero-order valence-corrected chi connectivity index (χ0v) is 13.0. The minimum atomic E-state index is -0.619. The molecule has 0 bridgehead atoms. The molecule has 1 unspecified atom stereocenters. The number of aliphatic hydroxyl groups is 3. The van der Waals surface area contributed by atoms with Gasteiger partial charge in [0, 0.05) is 25.2 Å². The van der Waals surface area contributed by atoms with Crippen LogP contribution in [-0.2, 0) is 0 Å². The number of benzene rings is 1. The van der Waals surface area contributed by atoms with Gasteiger partial charge in [-0.15, -0.1) is 0 Å². The van der Waals surface area contributed by atoms with Gasteiger partial charge in [-0.3, -0.25) is 4.90 Å². The summed E-state index contributed by atoms with van der Waals surface area (Å²) in [5, 5.41) is 28.4. The number of hydrogen-bond acceptors (Lipinski definition) is 5. The summed E-state index contributed by atoms with van der Waals surface area (Å²) in [7, 11) is 0. The van der Waals surface area contributed by atoms with E-state index in [0.29, 0.717) is 38.4 Å². The van der Waals surface area contributed by atoms with Gasteiger partial charge < -0.3 is 20.1 Å². The largest absolute Gasteiger partial charge is 0.493 e. The molecule has 0 amide bonds. The molecule has 3 N–H and O–H groups in total. The van der Waals surface area contributed by atoms with E-state index in [9.17, 15) is 5.11 Å². The molecular weight excluding hydrogens is 270 g/mol. The second-order valence-electron chi connectivity index (χ2n) is 5.07. The van der Waals surface area contributed by atoms with Crippen molar-refractivity contribution < 1.29 is 20.1 Å². The smallest absolute Gasteiger partial charge is 0.125 e. The molecule has 0 aliphatic carbocycles. The first-order valence-corrected chi connectivity index (χ1v) is 7.47. The Labute approximate surface area is 126 Å². The van der Waals surface area contributed by atoms with E-state index in [1.54, 1.807) is 0 Å². The van der Waals surface area contributed by atoms with Crippen molar-refractivity contribution in [3.63, 3.8) is 0 Å². The van der Waals surface area contributed by atoms with Crippen LogP contribution in [0, 0.1) is 6.92 Å². The zero-order valence-electron chi connectivity index (χ0n) is 13.0. The Bertz CT molecular complexity index is 405. The van der Waals surface area contributed by atoms with Gasteiger partial charge in [-0.25, -0.2) is 0 Å². The second kappa shape index (κ2) is 9.73. The fourth-order valence-electron chi connectivity index (χ4n) is 2.29. The minimum Gasteiger partial charge on any atom is -0.493 e. The van der Waals surface area contributed by atoms with Crippen LogP contribution in [0.3, 0.4) is 0 Å². The summed E-state index contributed by atoms with van der Waals surface area (Å²) >= 11 is 0. The lowest BCUT2D eigenvalue weighted by Crippen LogP contribution is -2.31. The Morgan fingerprint density at radius 1 is 1.14 bits per heavy atom. The highest BCUT2D eigenvalue weighted by atomic mass is 16.5. The van der Waals surface area contributed by atoms with Crippen molar-refractivity contribution in [3.8, 4) is 5.75 Å². The first kappa shape index (κ1) is 17.9. The molecule has 0 spiro atoms. The van der Waals surface area contributed by atoms with Crippen molar-refractivity contribution in [2.24, 2.45) is 0 Å². The molecule has 0 heterocycles. The van der Waals surface area contributed by atoms with Crippen LogP contribution in [-0.4, -0.2) is 59.7 Å². The van der Waals surface area contributed by atoms with Gasteiger partial charge in [-0.05, 0) is 32.4 Å². The Morgan fingerprint density at radius 3 is 2.38 bits per heavy atom. The molecule has 1 aromatic carbocycles. The second-order valence-corrected chi connectivity index (χ2v) is 5.07. The molecular formula is C16H27NO4. The Balaban J connectivity index is 2.69. The fourth-order valence-corrected chi connectivity index (χ4v) is 2.29. The predicted molar refractivity (Wildman–Crippen MR) is 82.5 cm³/mol. The van der Waals surface area contributed by atoms with Crippen LogP contribution in [0.5, 0.6) is 5.75 Å². The van der Waals surface area contributed by atoms with Crippen LogP contribution in [0.1, 0.15) is 30.6 Å². The number of hydrogen-bond donors (Lipinski definition) is 3. The lowest BCUT2D eigenvalue weighted by atomic mass is 10.0. The van der Waals surface area contributed by atoms with E-state index in [1.807, 2.05) is 36.9 Å². The van der Waals surface area contributed by atoms with Gasteiger partial charge in [0.05, 0.1) is 25.9 Å². The average Bonchev–Trinajstić information content (AvgIpc) is 2.47. The van der Waals surface area contributed by atoms with Crippen molar-refractivity contribution in [1.29, 1.82) is 0 Å². The van der Waals surface area contributed by atoms with E-state index in [4.69, 9.17) is 14.9 Å². The summed E-state index contributed by atoms with van der Waals surface area (Å²) in [6.45, 7) is 6.16. The highest BCUT2D eigenvalue weighted by Crippen LogP contribution is 2.28. The summed E-state index contributed by atoms with van der Waals surface area (Å²) in [6, 6.07) is 5.79. The standard InChI is InChI=1S/C16H27NO4/c1-3-21-16-5-4-13(2)12-14(16)15(20)6-7-17(8-10-18)9-11-19/h4-5,12,15,18-20H,3,6-11H2,1-2H3. The first-order chi connectivity index (χ1) is 10.1. The van der Waals surface area contributed by atoms with E-state index in [2.05, 4.69) is 0 Å². The molecule has 1 atom stereocenters. The minimum absolute atomic E-state index is 0.0464. The van der Waals surface area contributed by atoms with Gasteiger partial charge in [0.1, 0.15) is 5.75 Å². The molecule has 0 aliphatic rings. The van der Waals surface area contributed by atoms with Crippen LogP contribution in [0.4, 0.5) is 0 Å². The zero-order chi connectivity index (χ0) is 15.7. The third-order valence-electron chi connectivity index (χ3n) is 3.38. The highest BCUT2D eigenvalue weighted by Gasteiger charge is 2.15. The maximum absolute atomic E-state index is 10.4. The summed E-state index contributed by atoms with van der Waals surface area (Å²) in [6.07, 6.45) is -0.0879. The van der Waals surface area contributed by atoms with Crippen molar-refractivity contribution in [3.05, 3.63) is 29.3 Å². The normalized spacial score (nSPS) is 12.7. The summed E-state index contributed by atoms with van der Waals surface area (Å²) in [5.41, 5.74) is 1.87. The van der Waals surface area contributed by atoms with Crippen LogP contribution in [0.15, 0.2) is 18.2 Å². The molecule has 0 saturated heterocycles. The summed E-state index contributed by atoms with van der Waals surface area (Å²) in [5.74, 6) is 0.714. The molecule has 5 heteroatoms. The molecule has 0 fully saturated rings. The third kappa shape index (κ3) is 6.01. The first-order valence-electron chi connectivity index (χ1n) is 7.47. The lowest BCUT2D eigenvalue weighted by Gasteiger charge is -2.23. The van der Waals surface area contributed by atoms with Crippen LogP contribution in [0.25, 0.3) is 0 Å². The number of aliphatic hydroxyl groups excluding tert-OH is 3. The van der Waals surface area contributed by atoms with Crippen molar-refractivity contribution in [1.82, 2.24) is 4.90 Å². The van der Waals surface area contributed by atoms with E-state index in [0.717, 1.165) is 11.1 Å². The Morgan fingerprint density at radius 2 is 1.81 bits per heavy atom. The topological polar surface area (TPSA) is 73.2 Å². The number of aryl methyl sites for hydroxylation is 1. The molecule has 0 radical (unpaired) electrons. The number of rotatable bonds is 10. The predicted octanol–water partition coefficient (Wildman–Crippen LogP) is 1.10. The third-order valence-corrected chi connectivity index (χ3v) is 3.38. The number of ether oxygens (including phenoxy) is 1. The maximum atomic E-state index is 10.4. The monoisotopic (exact) mass is 297 g/mol. The van der Waals surface area contributed by atoms with Crippen LogP contribution < -0.4 is 4.74 Å². The molecule has 120 valence electrons. The maximum Gasteiger partial charge on any atom is 0.125 e. The fraction of sp³-hybridized carbons (Fsp3) is 0.625. The van der Waals surface area contributed by atoms with Crippen molar-refractivity contribution >= 4 is 0 Å². The average molecular weight is 297 g/mol. The molecule has 5 nitrogen and oxygen atoms in total. The molecule has 0 aromatic heterocycles. The van der Waals surface area contributed by atoms with Crippen LogP contribution in [0.2, 0.25) is 0 Å². The molecule has 1 aromatic rings. The Kier molecular flexibility index (Phi) is 8.30. The summed E-state index contributed by atoms with van der Waals surface area (Å²) in [4.78, 5) is 1.93. The quantitative estimate of drug-likeness (QED) is 0.603. The van der Waals surface area contributed by atoms with Crippen molar-refractivity contribution in [2.75, 3.05) is 39.5 Å². The van der Waals surface area contributed by atoms with Gasteiger partial charge in [-0.2, -0.15) is 0 Å². The van der Waals surface area contributed by atoms with E-state index >= 15 is 0 Å². The molecule has 21 heavy (non-hydrogen) atoms. The SMILES string of the molecule is CCOc1ccc(C)cc1C(O)CCN(CCO)CCO. The van der Waals surface area contributed by atoms with E-state index < -0.39 is 6.10 Å². The van der Waals surface area contributed by atoms with Gasteiger partial charge in [0.25, 0.3) is 0 Å². The number of nitrogens with zero attached hydrogens (tertiary/aromatic N) is 1.